The van der Waals surface area contributed by atoms with Crippen LogP contribution < -0.4 is 5.32 Å². The highest BCUT2D eigenvalue weighted by Crippen LogP contribution is 2.51. The Bertz CT molecular complexity index is 1330. The van der Waals surface area contributed by atoms with Gasteiger partial charge in [-0.1, -0.05) is 44.4 Å². The van der Waals surface area contributed by atoms with Gasteiger partial charge in [0.25, 0.3) is 0 Å². The van der Waals surface area contributed by atoms with Crippen LogP contribution in [0.1, 0.15) is 88.2 Å². The van der Waals surface area contributed by atoms with Crippen molar-refractivity contribution in [3.05, 3.63) is 71.0 Å². The number of likely N-dealkylation sites (tertiary alicyclic amines) is 1. The van der Waals surface area contributed by atoms with Gasteiger partial charge < -0.3 is 25.0 Å². The van der Waals surface area contributed by atoms with Gasteiger partial charge in [-0.25, -0.2) is 18.0 Å². The SMILES string of the molecule is CCCN(C(=O)OCc1ccc(F)c(F)c1)C1CCN(C[C@H]2C[C@H](C3(NCC(=O)O)CCCCC3)C[C@@H]2c2cccc(F)c2)CC1. The summed E-state index contributed by atoms with van der Waals surface area (Å²) in [6.07, 6.45) is 9.08. The van der Waals surface area contributed by atoms with E-state index in [0.29, 0.717) is 23.9 Å². The molecule has 0 bridgehead atoms. The van der Waals surface area contributed by atoms with Gasteiger partial charge in [-0.2, -0.15) is 0 Å². The maximum absolute atomic E-state index is 14.4. The number of aliphatic carboxylic acids is 1. The molecule has 1 aliphatic heterocycles. The van der Waals surface area contributed by atoms with Gasteiger partial charge in [0.2, 0.25) is 0 Å². The van der Waals surface area contributed by atoms with E-state index in [1.54, 1.807) is 17.0 Å². The number of carbonyl (C=O) groups is 2. The summed E-state index contributed by atoms with van der Waals surface area (Å²) >= 11 is 0. The van der Waals surface area contributed by atoms with Gasteiger partial charge in [0, 0.05) is 37.8 Å². The molecule has 10 heteroatoms. The second-order valence-electron chi connectivity index (χ2n) is 13.6. The molecule has 2 aliphatic carbocycles. The Morgan fingerprint density at radius 1 is 1.02 bits per heavy atom. The van der Waals surface area contributed by atoms with Gasteiger partial charge in [0.15, 0.2) is 11.6 Å². The second kappa shape index (κ2) is 15.7. The van der Waals surface area contributed by atoms with E-state index >= 15 is 0 Å². The zero-order chi connectivity index (χ0) is 32.7. The number of halogens is 3. The number of carboxylic acid groups (broad SMARTS) is 1. The third-order valence-electron chi connectivity index (χ3n) is 10.6. The van der Waals surface area contributed by atoms with E-state index in [2.05, 4.69) is 10.2 Å². The van der Waals surface area contributed by atoms with Crippen molar-refractivity contribution in [3.8, 4) is 0 Å². The van der Waals surface area contributed by atoms with Crippen LogP contribution in [0.25, 0.3) is 0 Å². The molecule has 3 aliphatic rings. The molecular formula is C36H48F3N3O4. The van der Waals surface area contributed by atoms with Gasteiger partial charge in [0.05, 0.1) is 6.54 Å². The molecule has 2 N–H and O–H groups in total. The number of piperidine rings is 1. The van der Waals surface area contributed by atoms with Crippen LogP contribution in [-0.4, -0.2) is 71.3 Å². The number of ether oxygens (including phenoxy) is 1. The molecule has 5 rings (SSSR count). The van der Waals surface area contributed by atoms with E-state index in [1.165, 1.54) is 18.6 Å². The third kappa shape index (κ3) is 8.42. The molecule has 0 spiro atoms. The van der Waals surface area contributed by atoms with E-state index in [9.17, 15) is 27.9 Å². The van der Waals surface area contributed by atoms with Crippen molar-refractivity contribution in [2.45, 2.75) is 95.2 Å². The summed E-state index contributed by atoms with van der Waals surface area (Å²) in [5.41, 5.74) is 1.21. The Labute approximate surface area is 270 Å². The first kappa shape index (κ1) is 34.2. The fourth-order valence-corrected chi connectivity index (χ4v) is 8.35. The van der Waals surface area contributed by atoms with E-state index in [0.717, 1.165) is 95.1 Å². The Hall–Kier alpha value is -3.11. The van der Waals surface area contributed by atoms with Crippen LogP contribution in [0.2, 0.25) is 0 Å². The normalized spacial score (nSPS) is 23.7. The lowest BCUT2D eigenvalue weighted by Gasteiger charge is -2.43. The molecule has 2 saturated carbocycles. The fraction of sp³-hybridized carbons (Fsp3) is 0.611. The standard InChI is InChI=1S/C36H48F3N3O4/c1-2-15-42(35(45)46-24-25-9-10-32(38)33(39)18-25)30-11-16-41(17-12-30)23-27-19-28(21-31(27)26-7-6-8-29(37)20-26)36(40-22-34(43)44)13-4-3-5-14-36/h6-10,18,20,27-28,30-31,40H,2-5,11-17,19,21-24H2,1H3,(H,43,44)/t27-,28+,31-/m1/s1. The Kier molecular flexibility index (Phi) is 11.6. The fourth-order valence-electron chi connectivity index (χ4n) is 8.35. The van der Waals surface area contributed by atoms with Gasteiger partial charge >= 0.3 is 12.1 Å². The van der Waals surface area contributed by atoms with Gasteiger partial charge in [0.1, 0.15) is 12.4 Å². The number of hydrogen-bond acceptors (Lipinski definition) is 5. The van der Waals surface area contributed by atoms with E-state index in [1.807, 2.05) is 13.0 Å². The number of hydrogen-bond donors (Lipinski definition) is 2. The number of nitrogens with one attached hydrogen (secondary N) is 1. The van der Waals surface area contributed by atoms with Gasteiger partial charge in [-0.05, 0) is 98.1 Å². The van der Waals surface area contributed by atoms with Crippen LogP contribution in [0.5, 0.6) is 0 Å². The average Bonchev–Trinajstić information content (AvgIpc) is 3.48. The predicted octanol–water partition coefficient (Wildman–Crippen LogP) is 7.10. The van der Waals surface area contributed by atoms with Crippen LogP contribution in [0.15, 0.2) is 42.5 Å². The minimum absolute atomic E-state index is 0.0229. The summed E-state index contributed by atoms with van der Waals surface area (Å²) in [5, 5.41) is 13.0. The smallest absolute Gasteiger partial charge is 0.410 e. The summed E-state index contributed by atoms with van der Waals surface area (Å²) < 4.78 is 46.9. The average molecular weight is 644 g/mol. The minimum Gasteiger partial charge on any atom is -0.480 e. The van der Waals surface area contributed by atoms with Crippen LogP contribution in [0, 0.1) is 29.3 Å². The molecule has 3 atom stereocenters. The van der Waals surface area contributed by atoms with Crippen molar-refractivity contribution in [2.75, 3.05) is 32.7 Å². The highest BCUT2D eigenvalue weighted by molar-refractivity contribution is 5.69. The lowest BCUT2D eigenvalue weighted by Crippen LogP contribution is -2.53. The molecule has 1 heterocycles. The zero-order valence-electron chi connectivity index (χ0n) is 26.9. The van der Waals surface area contributed by atoms with Crippen molar-refractivity contribution < 1.29 is 32.6 Å². The molecule has 2 aromatic rings. The molecular weight excluding hydrogens is 595 g/mol. The number of rotatable bonds is 12. The number of nitrogens with zero attached hydrogens (tertiary/aromatic N) is 2. The van der Waals surface area contributed by atoms with Crippen LogP contribution in [0.3, 0.4) is 0 Å². The highest BCUT2D eigenvalue weighted by atomic mass is 19.2. The zero-order valence-corrected chi connectivity index (χ0v) is 26.9. The minimum atomic E-state index is -0.968. The predicted molar refractivity (Wildman–Crippen MR) is 170 cm³/mol. The molecule has 2 aromatic carbocycles. The molecule has 7 nitrogen and oxygen atoms in total. The first-order valence-corrected chi connectivity index (χ1v) is 17.0. The molecule has 46 heavy (non-hydrogen) atoms. The maximum Gasteiger partial charge on any atom is 0.410 e. The second-order valence-corrected chi connectivity index (χ2v) is 13.6. The van der Waals surface area contributed by atoms with Crippen molar-refractivity contribution >= 4 is 12.1 Å². The number of amides is 1. The van der Waals surface area contributed by atoms with Crippen molar-refractivity contribution in [2.24, 2.45) is 11.8 Å². The Morgan fingerprint density at radius 2 is 1.78 bits per heavy atom. The lowest BCUT2D eigenvalue weighted by molar-refractivity contribution is -0.136. The topological polar surface area (TPSA) is 82.1 Å². The van der Waals surface area contributed by atoms with Gasteiger partial charge in [-0.3, -0.25) is 4.79 Å². The molecule has 0 aromatic heterocycles. The molecule has 0 radical (unpaired) electrons. The van der Waals surface area contributed by atoms with E-state index in [4.69, 9.17) is 4.74 Å². The van der Waals surface area contributed by atoms with Crippen molar-refractivity contribution in [3.63, 3.8) is 0 Å². The van der Waals surface area contributed by atoms with Crippen LogP contribution in [-0.2, 0) is 16.1 Å². The van der Waals surface area contributed by atoms with Crippen molar-refractivity contribution in [1.82, 2.24) is 15.1 Å². The summed E-state index contributed by atoms with van der Waals surface area (Å²) in [6, 6.07) is 10.5. The molecule has 0 unspecified atom stereocenters. The highest BCUT2D eigenvalue weighted by Gasteiger charge is 2.47. The van der Waals surface area contributed by atoms with Crippen molar-refractivity contribution in [1.29, 1.82) is 0 Å². The molecule has 252 valence electrons. The summed E-state index contributed by atoms with van der Waals surface area (Å²) in [4.78, 5) is 28.9. The number of benzene rings is 2. The van der Waals surface area contributed by atoms with E-state index in [-0.39, 0.29) is 36.5 Å². The lowest BCUT2D eigenvalue weighted by atomic mass is 9.71. The van der Waals surface area contributed by atoms with Gasteiger partial charge in [-0.15, -0.1) is 0 Å². The molecule has 1 amide bonds. The largest absolute Gasteiger partial charge is 0.480 e. The summed E-state index contributed by atoms with van der Waals surface area (Å²) in [7, 11) is 0. The Morgan fingerprint density at radius 3 is 2.46 bits per heavy atom. The summed E-state index contributed by atoms with van der Waals surface area (Å²) in [5.74, 6) is -2.17. The first-order chi connectivity index (χ1) is 22.2. The number of carbonyl (C=O) groups excluding carboxylic acids is 1. The van der Waals surface area contributed by atoms with Crippen LogP contribution >= 0.6 is 0 Å². The first-order valence-electron chi connectivity index (χ1n) is 17.0. The molecule has 3 fully saturated rings. The Balaban J connectivity index is 1.23. The monoisotopic (exact) mass is 643 g/mol. The number of carboxylic acids is 1. The molecule has 1 saturated heterocycles. The van der Waals surface area contributed by atoms with Crippen LogP contribution in [0.4, 0.5) is 18.0 Å². The third-order valence-corrected chi connectivity index (χ3v) is 10.6. The van der Waals surface area contributed by atoms with E-state index < -0.39 is 23.7 Å². The summed E-state index contributed by atoms with van der Waals surface area (Å²) in [6.45, 7) is 4.91. The quantitative estimate of drug-likeness (QED) is 0.257. The maximum atomic E-state index is 14.4.